The Morgan fingerprint density at radius 2 is 2.00 bits per heavy atom. The van der Waals surface area contributed by atoms with E-state index in [1.54, 1.807) is 0 Å². The second-order valence-electron chi connectivity index (χ2n) is 6.41. The zero-order chi connectivity index (χ0) is 12.5. The maximum atomic E-state index is 5.00. The summed E-state index contributed by atoms with van der Waals surface area (Å²) >= 11 is 0. The molecule has 0 saturated carbocycles. The molecule has 102 valence electrons. The van der Waals surface area contributed by atoms with E-state index in [4.69, 9.17) is 4.99 Å². The van der Waals surface area contributed by atoms with Crippen molar-refractivity contribution in [2.45, 2.75) is 89.4 Å². The number of nitrogens with one attached hydrogen (secondary N) is 1. The van der Waals surface area contributed by atoms with Gasteiger partial charge in [0.1, 0.15) is 0 Å². The fourth-order valence-electron chi connectivity index (χ4n) is 3.99. The number of aliphatic imine (C=N–C) groups is 1. The molecular formula is C15H27N3. The second kappa shape index (κ2) is 5.10. The predicted octanol–water partition coefficient (Wildman–Crippen LogP) is 2.91. The molecule has 0 aliphatic carbocycles. The number of hydrogen-bond donors (Lipinski definition) is 1. The maximum absolute atomic E-state index is 5.00. The van der Waals surface area contributed by atoms with Gasteiger partial charge in [-0.15, -0.1) is 0 Å². The van der Waals surface area contributed by atoms with Crippen LogP contribution in [0.3, 0.4) is 0 Å². The van der Waals surface area contributed by atoms with Crippen molar-refractivity contribution >= 4 is 5.96 Å². The largest absolute Gasteiger partial charge is 0.354 e. The molecule has 0 aromatic heterocycles. The van der Waals surface area contributed by atoms with Crippen molar-refractivity contribution in [1.82, 2.24) is 10.2 Å². The Morgan fingerprint density at radius 1 is 1.22 bits per heavy atom. The van der Waals surface area contributed by atoms with Crippen molar-refractivity contribution in [3.8, 4) is 0 Å². The summed E-state index contributed by atoms with van der Waals surface area (Å²) in [5, 5.41) is 3.62. The summed E-state index contributed by atoms with van der Waals surface area (Å²) in [6.45, 7) is 4.58. The standard InChI is InChI=1S/C15H27N3/c1-3-4-5-6-12-10-14-8-7-13-9-11(2)16-15(17-12)18(13)14/h11-14H,3-10H2,1-2H3,(H,16,17)/t11-,12-,13+,14+/m1/s1. The monoisotopic (exact) mass is 249 g/mol. The van der Waals surface area contributed by atoms with E-state index in [0.29, 0.717) is 12.1 Å². The van der Waals surface area contributed by atoms with E-state index in [-0.39, 0.29) is 0 Å². The normalized spacial score (nSPS) is 38.1. The van der Waals surface area contributed by atoms with Gasteiger partial charge in [0, 0.05) is 18.1 Å². The van der Waals surface area contributed by atoms with Crippen LogP contribution in [-0.4, -0.2) is 35.0 Å². The lowest BCUT2D eigenvalue weighted by Gasteiger charge is -2.44. The summed E-state index contributed by atoms with van der Waals surface area (Å²) in [6.07, 6.45) is 10.7. The molecule has 3 heteroatoms. The number of hydrogen-bond acceptors (Lipinski definition) is 3. The Kier molecular flexibility index (Phi) is 3.49. The summed E-state index contributed by atoms with van der Waals surface area (Å²) in [7, 11) is 0. The van der Waals surface area contributed by atoms with Gasteiger partial charge in [-0.05, 0) is 39.0 Å². The molecule has 0 bridgehead atoms. The Bertz CT molecular complexity index is 326. The van der Waals surface area contributed by atoms with Crippen LogP contribution in [0.2, 0.25) is 0 Å². The van der Waals surface area contributed by atoms with Gasteiger partial charge in [-0.3, -0.25) is 0 Å². The molecule has 1 N–H and O–H groups in total. The van der Waals surface area contributed by atoms with Gasteiger partial charge in [-0.1, -0.05) is 26.2 Å². The van der Waals surface area contributed by atoms with E-state index in [1.807, 2.05) is 0 Å². The van der Waals surface area contributed by atoms with Crippen molar-refractivity contribution < 1.29 is 0 Å². The second-order valence-corrected chi connectivity index (χ2v) is 6.41. The molecule has 0 aromatic rings. The number of nitrogens with zero attached hydrogens (tertiary/aromatic N) is 2. The van der Waals surface area contributed by atoms with Crippen LogP contribution in [0, 0.1) is 0 Å². The Balaban J connectivity index is 1.69. The number of unbranched alkanes of at least 4 members (excludes halogenated alkanes) is 2. The summed E-state index contributed by atoms with van der Waals surface area (Å²) in [6, 6.07) is 2.76. The molecule has 0 amide bonds. The molecule has 0 aromatic carbocycles. The molecule has 0 unspecified atom stereocenters. The topological polar surface area (TPSA) is 27.6 Å². The lowest BCUT2D eigenvalue weighted by Crippen LogP contribution is -2.59. The minimum Gasteiger partial charge on any atom is -0.354 e. The molecule has 18 heavy (non-hydrogen) atoms. The number of rotatable bonds is 4. The quantitative estimate of drug-likeness (QED) is 0.776. The van der Waals surface area contributed by atoms with E-state index in [1.165, 1.54) is 57.3 Å². The molecular weight excluding hydrogens is 222 g/mol. The van der Waals surface area contributed by atoms with E-state index < -0.39 is 0 Å². The minimum atomic E-state index is 0.587. The fraction of sp³-hybridized carbons (Fsp3) is 0.933. The van der Waals surface area contributed by atoms with Crippen LogP contribution in [0.25, 0.3) is 0 Å². The zero-order valence-electron chi connectivity index (χ0n) is 11.9. The molecule has 4 atom stereocenters. The molecule has 2 fully saturated rings. The Hall–Kier alpha value is -0.730. The first-order valence-corrected chi connectivity index (χ1v) is 7.90. The van der Waals surface area contributed by atoms with Crippen LogP contribution in [0.4, 0.5) is 0 Å². The van der Waals surface area contributed by atoms with Crippen LogP contribution in [-0.2, 0) is 0 Å². The third-order valence-corrected chi connectivity index (χ3v) is 4.86. The molecule has 3 aliphatic rings. The summed E-state index contributed by atoms with van der Waals surface area (Å²) in [4.78, 5) is 7.61. The zero-order valence-corrected chi connectivity index (χ0v) is 11.9. The summed E-state index contributed by atoms with van der Waals surface area (Å²) in [5.41, 5.74) is 0. The van der Waals surface area contributed by atoms with Crippen LogP contribution in [0.15, 0.2) is 4.99 Å². The van der Waals surface area contributed by atoms with Crippen molar-refractivity contribution in [2.24, 2.45) is 4.99 Å². The van der Waals surface area contributed by atoms with E-state index in [0.717, 1.165) is 12.1 Å². The van der Waals surface area contributed by atoms with Gasteiger partial charge in [0.2, 0.25) is 0 Å². The maximum Gasteiger partial charge on any atom is 0.194 e. The molecule has 3 aliphatic heterocycles. The Morgan fingerprint density at radius 3 is 2.78 bits per heavy atom. The van der Waals surface area contributed by atoms with Gasteiger partial charge in [-0.25, -0.2) is 4.99 Å². The van der Waals surface area contributed by atoms with E-state index >= 15 is 0 Å². The molecule has 0 radical (unpaired) electrons. The van der Waals surface area contributed by atoms with Gasteiger partial charge in [-0.2, -0.15) is 0 Å². The average molecular weight is 249 g/mol. The third-order valence-electron chi connectivity index (χ3n) is 4.86. The van der Waals surface area contributed by atoms with Crippen molar-refractivity contribution in [3.05, 3.63) is 0 Å². The first-order valence-electron chi connectivity index (χ1n) is 7.90. The lowest BCUT2D eigenvalue weighted by molar-refractivity contribution is 0.209. The summed E-state index contributed by atoms with van der Waals surface area (Å²) in [5.74, 6) is 1.23. The van der Waals surface area contributed by atoms with Crippen molar-refractivity contribution in [3.63, 3.8) is 0 Å². The van der Waals surface area contributed by atoms with Crippen LogP contribution in [0.1, 0.15) is 65.2 Å². The molecule has 3 nitrogen and oxygen atoms in total. The fourth-order valence-corrected chi connectivity index (χ4v) is 3.99. The molecule has 3 rings (SSSR count). The van der Waals surface area contributed by atoms with Gasteiger partial charge in [0.25, 0.3) is 0 Å². The van der Waals surface area contributed by atoms with Crippen molar-refractivity contribution in [2.75, 3.05) is 0 Å². The van der Waals surface area contributed by atoms with Gasteiger partial charge < -0.3 is 10.2 Å². The first kappa shape index (κ1) is 12.3. The average Bonchev–Trinajstić information content (AvgIpc) is 2.73. The van der Waals surface area contributed by atoms with E-state index in [2.05, 4.69) is 24.1 Å². The van der Waals surface area contributed by atoms with Crippen LogP contribution >= 0.6 is 0 Å². The first-order chi connectivity index (χ1) is 8.78. The lowest BCUT2D eigenvalue weighted by atomic mass is 9.98. The highest BCUT2D eigenvalue weighted by molar-refractivity contribution is 5.83. The van der Waals surface area contributed by atoms with Crippen LogP contribution < -0.4 is 5.32 Å². The predicted molar refractivity (Wildman–Crippen MR) is 75.8 cm³/mol. The Labute approximate surface area is 111 Å². The van der Waals surface area contributed by atoms with E-state index in [9.17, 15) is 0 Å². The van der Waals surface area contributed by atoms with Crippen molar-refractivity contribution in [1.29, 1.82) is 0 Å². The van der Waals surface area contributed by atoms with Gasteiger partial charge in [0.05, 0.1) is 6.04 Å². The number of guanidine groups is 1. The smallest absolute Gasteiger partial charge is 0.194 e. The highest BCUT2D eigenvalue weighted by Gasteiger charge is 2.43. The highest BCUT2D eigenvalue weighted by atomic mass is 15.4. The van der Waals surface area contributed by atoms with Gasteiger partial charge in [0.15, 0.2) is 5.96 Å². The molecule has 2 saturated heterocycles. The molecule has 3 heterocycles. The SMILES string of the molecule is CCCCC[C@@H]1C[C@@H]2CC[C@H]3C[C@@H](C)NC(=N1)N23. The third kappa shape index (κ3) is 2.24. The summed E-state index contributed by atoms with van der Waals surface area (Å²) < 4.78 is 0. The van der Waals surface area contributed by atoms with Gasteiger partial charge >= 0.3 is 0 Å². The highest BCUT2D eigenvalue weighted by Crippen LogP contribution is 2.36. The van der Waals surface area contributed by atoms with Crippen LogP contribution in [0.5, 0.6) is 0 Å². The molecule has 0 spiro atoms. The minimum absolute atomic E-state index is 0.587.